The fourth-order valence-corrected chi connectivity index (χ4v) is 2.57. The van der Waals surface area contributed by atoms with Crippen LogP contribution in [0.15, 0.2) is 17.2 Å². The van der Waals surface area contributed by atoms with Gasteiger partial charge in [0.1, 0.15) is 23.4 Å². The molecule has 10 heteroatoms. The van der Waals surface area contributed by atoms with E-state index in [9.17, 15) is 13.6 Å². The molecule has 0 aromatic heterocycles. The lowest BCUT2D eigenvalue weighted by atomic mass is 10.2. The summed E-state index contributed by atoms with van der Waals surface area (Å²) in [5, 5.41) is 20.7. The number of nitrogens with zero attached hydrogens (tertiary/aromatic N) is 5. The normalized spacial score (nSPS) is 14.0. The largest absolute Gasteiger partial charge is 0.444 e. The number of benzene rings is 1. The molecule has 1 heterocycles. The predicted octanol–water partition coefficient (Wildman–Crippen LogP) is 2.84. The molecule has 1 aliphatic heterocycles. The van der Waals surface area contributed by atoms with Crippen LogP contribution in [0, 0.1) is 34.3 Å². The number of halogens is 2. The van der Waals surface area contributed by atoms with E-state index >= 15 is 0 Å². The molecule has 0 radical (unpaired) electrons. The van der Waals surface area contributed by atoms with Gasteiger partial charge < -0.3 is 14.5 Å². The first-order chi connectivity index (χ1) is 13.1. The Kier molecular flexibility index (Phi) is 6.37. The second-order valence-corrected chi connectivity index (χ2v) is 7.04. The Balaban J connectivity index is 2.07. The molecule has 1 aromatic carbocycles. The summed E-state index contributed by atoms with van der Waals surface area (Å²) in [6.07, 6.45) is -0.462. The molecule has 0 bridgehead atoms. The van der Waals surface area contributed by atoms with E-state index in [4.69, 9.17) is 15.3 Å². The fourth-order valence-electron chi connectivity index (χ4n) is 2.57. The molecule has 0 unspecified atom stereocenters. The van der Waals surface area contributed by atoms with Crippen LogP contribution in [0.4, 0.5) is 25.0 Å². The first-order valence-electron chi connectivity index (χ1n) is 8.50. The van der Waals surface area contributed by atoms with Gasteiger partial charge in [0, 0.05) is 38.3 Å². The van der Waals surface area contributed by atoms with E-state index in [1.807, 2.05) is 0 Å². The Morgan fingerprint density at radius 1 is 1.14 bits per heavy atom. The number of carbonyl (C=O) groups excluding carboxylic acids is 1. The molecule has 0 spiro atoms. The van der Waals surface area contributed by atoms with E-state index in [1.54, 1.807) is 20.8 Å². The van der Waals surface area contributed by atoms with Crippen molar-refractivity contribution >= 4 is 23.2 Å². The molecule has 8 nitrogen and oxygen atoms in total. The molecule has 2 rings (SSSR count). The highest BCUT2D eigenvalue weighted by Gasteiger charge is 2.28. The summed E-state index contributed by atoms with van der Waals surface area (Å²) in [6, 6.07) is 5.10. The zero-order valence-corrected chi connectivity index (χ0v) is 15.8. The fraction of sp³-hybridized carbons (Fsp3) is 0.444. The smallest absolute Gasteiger partial charge is 0.410 e. The van der Waals surface area contributed by atoms with Crippen LogP contribution in [-0.2, 0) is 4.74 Å². The number of hydrazone groups is 1. The van der Waals surface area contributed by atoms with Crippen LogP contribution in [0.3, 0.4) is 0 Å². The Morgan fingerprint density at radius 3 is 2.14 bits per heavy atom. The van der Waals surface area contributed by atoms with Crippen LogP contribution >= 0.6 is 0 Å². The van der Waals surface area contributed by atoms with E-state index < -0.39 is 29.0 Å². The highest BCUT2D eigenvalue weighted by molar-refractivity contribution is 6.10. The van der Waals surface area contributed by atoms with Gasteiger partial charge in [-0.25, -0.2) is 13.6 Å². The maximum Gasteiger partial charge on any atom is 0.410 e. The minimum atomic E-state index is -0.820. The van der Waals surface area contributed by atoms with E-state index in [-0.39, 0.29) is 37.6 Å². The summed E-state index contributed by atoms with van der Waals surface area (Å²) in [5.41, 5.74) is 0.949. The average Bonchev–Trinajstić information content (AvgIpc) is 2.61. The van der Waals surface area contributed by atoms with Gasteiger partial charge in [0.25, 0.3) is 0 Å². The molecule has 1 N–H and O–H groups in total. The van der Waals surface area contributed by atoms with Crippen LogP contribution in [0.25, 0.3) is 0 Å². The predicted molar refractivity (Wildman–Crippen MR) is 98.7 cm³/mol. The monoisotopic (exact) mass is 390 g/mol. The van der Waals surface area contributed by atoms with Crippen molar-refractivity contribution in [2.75, 3.05) is 36.5 Å². The first kappa shape index (κ1) is 20.9. The van der Waals surface area contributed by atoms with Crippen LogP contribution in [0.2, 0.25) is 0 Å². The number of hydrogen-bond donors (Lipinski definition) is 1. The minimum Gasteiger partial charge on any atom is -0.444 e. The minimum absolute atomic E-state index is 0.0332. The molecular weight excluding hydrogens is 370 g/mol. The number of rotatable bonds is 3. The van der Waals surface area contributed by atoms with Crippen LogP contribution in [0.5, 0.6) is 0 Å². The van der Waals surface area contributed by atoms with Crippen molar-refractivity contribution in [1.29, 1.82) is 10.5 Å². The summed E-state index contributed by atoms with van der Waals surface area (Å²) in [6.45, 7) is 6.32. The zero-order valence-electron chi connectivity index (χ0n) is 15.8. The maximum atomic E-state index is 14.5. The van der Waals surface area contributed by atoms with Crippen molar-refractivity contribution in [2.24, 2.45) is 5.10 Å². The van der Waals surface area contributed by atoms with E-state index in [1.165, 1.54) is 21.9 Å². The van der Waals surface area contributed by atoms with Gasteiger partial charge in [0.2, 0.25) is 5.71 Å². The third-order valence-corrected chi connectivity index (χ3v) is 3.77. The van der Waals surface area contributed by atoms with Gasteiger partial charge in [-0.3, -0.25) is 5.43 Å². The number of piperazine rings is 1. The number of hydrogen-bond acceptors (Lipinski definition) is 7. The summed E-state index contributed by atoms with van der Waals surface area (Å²) < 4.78 is 34.2. The molecule has 0 aliphatic carbocycles. The Bertz CT molecular complexity index is 819. The van der Waals surface area contributed by atoms with Crippen LogP contribution < -0.4 is 10.3 Å². The molecule has 1 amide bonds. The van der Waals surface area contributed by atoms with Gasteiger partial charge in [-0.2, -0.15) is 15.6 Å². The van der Waals surface area contributed by atoms with Crippen LogP contribution in [-0.4, -0.2) is 48.5 Å². The van der Waals surface area contributed by atoms with E-state index in [0.717, 1.165) is 12.1 Å². The SMILES string of the molecule is CC(C)(C)OC(=O)N1CCN(c2c(F)cc(NN=C(C#N)C#N)cc2F)CC1. The number of ether oxygens (including phenoxy) is 1. The van der Waals surface area contributed by atoms with Crippen molar-refractivity contribution in [1.82, 2.24) is 4.90 Å². The van der Waals surface area contributed by atoms with Gasteiger partial charge in [0.15, 0.2) is 11.6 Å². The molecule has 0 atom stereocenters. The highest BCUT2D eigenvalue weighted by Crippen LogP contribution is 2.28. The quantitative estimate of drug-likeness (QED) is 0.629. The second kappa shape index (κ2) is 8.53. The Hall–Kier alpha value is -3.40. The molecule has 28 heavy (non-hydrogen) atoms. The van der Waals surface area contributed by atoms with Crippen molar-refractivity contribution < 1.29 is 18.3 Å². The lowest BCUT2D eigenvalue weighted by Crippen LogP contribution is -2.50. The number of nitrogens with one attached hydrogen (secondary N) is 1. The van der Waals surface area contributed by atoms with Crippen molar-refractivity contribution in [3.63, 3.8) is 0 Å². The van der Waals surface area contributed by atoms with Gasteiger partial charge in [-0.1, -0.05) is 0 Å². The number of amides is 1. The zero-order chi connectivity index (χ0) is 20.9. The Morgan fingerprint density at radius 2 is 1.68 bits per heavy atom. The molecule has 148 valence electrons. The topological polar surface area (TPSA) is 105 Å². The molecule has 1 aromatic rings. The highest BCUT2D eigenvalue weighted by atomic mass is 19.1. The van der Waals surface area contributed by atoms with Crippen LogP contribution in [0.1, 0.15) is 20.8 Å². The third-order valence-electron chi connectivity index (χ3n) is 3.77. The first-order valence-corrected chi connectivity index (χ1v) is 8.50. The summed E-state index contributed by atoms with van der Waals surface area (Å²) >= 11 is 0. The molecule has 1 saturated heterocycles. The number of anilines is 2. The number of nitriles is 2. The maximum absolute atomic E-state index is 14.5. The molecule has 0 saturated carbocycles. The van der Waals surface area contributed by atoms with Gasteiger partial charge in [0.05, 0.1) is 5.69 Å². The number of carbonyl (C=O) groups is 1. The van der Waals surface area contributed by atoms with Crippen molar-refractivity contribution in [3.05, 3.63) is 23.8 Å². The Labute approximate surface area is 161 Å². The molecule has 1 aliphatic rings. The third kappa shape index (κ3) is 5.30. The van der Waals surface area contributed by atoms with Gasteiger partial charge in [-0.15, -0.1) is 0 Å². The lowest BCUT2D eigenvalue weighted by Gasteiger charge is -2.37. The van der Waals surface area contributed by atoms with E-state index in [0.29, 0.717) is 0 Å². The summed E-state index contributed by atoms with van der Waals surface area (Å²) in [5.74, 6) is -1.64. The molecular formula is C18H20F2N6O2. The average molecular weight is 390 g/mol. The van der Waals surface area contributed by atoms with E-state index in [2.05, 4.69) is 10.5 Å². The summed E-state index contributed by atoms with van der Waals surface area (Å²) in [4.78, 5) is 15.1. The summed E-state index contributed by atoms with van der Waals surface area (Å²) in [7, 11) is 0. The lowest BCUT2D eigenvalue weighted by molar-refractivity contribution is 0.0240. The molecule has 1 fully saturated rings. The standard InChI is InChI=1S/C18H20F2N6O2/c1-18(2,3)28-17(27)26-6-4-25(5-7-26)16-14(19)8-12(9-15(16)20)23-24-13(10-21)11-22/h8-9,23H,4-7H2,1-3H3. The van der Waals surface area contributed by atoms with Gasteiger partial charge in [-0.05, 0) is 20.8 Å². The van der Waals surface area contributed by atoms with Gasteiger partial charge >= 0.3 is 6.09 Å². The van der Waals surface area contributed by atoms with Crippen molar-refractivity contribution in [2.45, 2.75) is 26.4 Å². The van der Waals surface area contributed by atoms with Crippen molar-refractivity contribution in [3.8, 4) is 12.1 Å². The second-order valence-electron chi connectivity index (χ2n) is 7.04.